The Bertz CT molecular complexity index is 972. The van der Waals surface area contributed by atoms with Crippen LogP contribution in [0.5, 0.6) is 5.75 Å². The molecule has 4 rings (SSSR count). The van der Waals surface area contributed by atoms with Crippen molar-refractivity contribution in [1.82, 2.24) is 24.5 Å². The lowest BCUT2D eigenvalue weighted by molar-refractivity contribution is 0.226. The van der Waals surface area contributed by atoms with E-state index in [4.69, 9.17) is 11.6 Å². The van der Waals surface area contributed by atoms with Crippen LogP contribution in [-0.2, 0) is 0 Å². The third kappa shape index (κ3) is 3.44. The highest BCUT2D eigenvalue weighted by Gasteiger charge is 2.21. The molecule has 7 nitrogen and oxygen atoms in total. The van der Waals surface area contributed by atoms with E-state index in [1.165, 1.54) is 12.5 Å². The fraction of sp³-hybridized carbons (Fsp3) is 0.421. The summed E-state index contributed by atoms with van der Waals surface area (Å²) < 4.78 is 1.85. The molecule has 142 valence electrons. The Labute approximate surface area is 163 Å². The molecule has 2 aromatic heterocycles. The van der Waals surface area contributed by atoms with Crippen molar-refractivity contribution in [2.24, 2.45) is 0 Å². The number of phenols is 1. The summed E-state index contributed by atoms with van der Waals surface area (Å²) in [5.41, 5.74) is 2.14. The van der Waals surface area contributed by atoms with Crippen molar-refractivity contribution in [3.05, 3.63) is 35.1 Å². The molecule has 0 radical (unpaired) electrons. The van der Waals surface area contributed by atoms with Crippen molar-refractivity contribution in [3.63, 3.8) is 0 Å². The average Bonchev–Trinajstić information content (AvgIpc) is 3.16. The number of aromatic nitrogens is 4. The van der Waals surface area contributed by atoms with Crippen LogP contribution < -0.4 is 5.32 Å². The van der Waals surface area contributed by atoms with Gasteiger partial charge in [-0.2, -0.15) is 0 Å². The maximum atomic E-state index is 10.3. The van der Waals surface area contributed by atoms with E-state index >= 15 is 0 Å². The third-order valence-electron chi connectivity index (χ3n) is 5.14. The molecule has 1 fully saturated rings. The monoisotopic (exact) mass is 386 g/mol. The molecule has 2 N–H and O–H groups in total. The molecular formula is C19H23ClN6O. The molecule has 1 unspecified atom stereocenters. The largest absolute Gasteiger partial charge is 0.507 e. The SMILES string of the molecule is CCN1CCCC(Nc2nnc(-c3cc(C)c(Cl)cc3O)n3ccnc23)C1. The number of piperidine rings is 1. The molecule has 1 saturated heterocycles. The van der Waals surface area contributed by atoms with Gasteiger partial charge in [-0.05, 0) is 50.6 Å². The molecule has 1 aliphatic rings. The lowest BCUT2D eigenvalue weighted by Gasteiger charge is -2.32. The lowest BCUT2D eigenvalue weighted by atomic mass is 10.1. The van der Waals surface area contributed by atoms with Crippen LogP contribution in [0.1, 0.15) is 25.3 Å². The molecule has 0 spiro atoms. The number of likely N-dealkylation sites (tertiary alicyclic amines) is 1. The second-order valence-electron chi connectivity index (χ2n) is 6.99. The summed E-state index contributed by atoms with van der Waals surface area (Å²) >= 11 is 6.10. The Morgan fingerprint density at radius 3 is 3.00 bits per heavy atom. The highest BCUT2D eigenvalue weighted by molar-refractivity contribution is 6.31. The quantitative estimate of drug-likeness (QED) is 0.715. The molecular weight excluding hydrogens is 364 g/mol. The number of hydrogen-bond donors (Lipinski definition) is 2. The number of benzene rings is 1. The Morgan fingerprint density at radius 1 is 1.33 bits per heavy atom. The Balaban J connectivity index is 1.70. The van der Waals surface area contributed by atoms with Crippen molar-refractivity contribution >= 4 is 23.1 Å². The highest BCUT2D eigenvalue weighted by Crippen LogP contribution is 2.33. The molecule has 1 atom stereocenters. The summed E-state index contributed by atoms with van der Waals surface area (Å²) in [7, 11) is 0. The Hall–Kier alpha value is -2.38. The van der Waals surface area contributed by atoms with Crippen LogP contribution in [0, 0.1) is 6.92 Å². The van der Waals surface area contributed by atoms with Crippen molar-refractivity contribution in [2.75, 3.05) is 25.0 Å². The minimum atomic E-state index is 0.0708. The van der Waals surface area contributed by atoms with Gasteiger partial charge in [0, 0.05) is 30.0 Å². The Morgan fingerprint density at radius 2 is 2.19 bits per heavy atom. The second kappa shape index (κ2) is 7.32. The number of aryl methyl sites for hydroxylation is 1. The van der Waals surface area contributed by atoms with Gasteiger partial charge in [-0.3, -0.25) is 4.40 Å². The molecule has 8 heteroatoms. The molecule has 0 amide bonds. The molecule has 0 bridgehead atoms. The third-order valence-corrected chi connectivity index (χ3v) is 5.54. The van der Waals surface area contributed by atoms with Crippen molar-refractivity contribution in [1.29, 1.82) is 0 Å². The summed E-state index contributed by atoms with van der Waals surface area (Å²) in [6.45, 7) is 7.26. The fourth-order valence-corrected chi connectivity index (χ4v) is 3.78. The number of halogens is 1. The topological polar surface area (TPSA) is 78.6 Å². The number of phenolic OH excluding ortho intramolecular Hbond substituents is 1. The first-order chi connectivity index (χ1) is 13.1. The molecule has 1 aromatic carbocycles. The van der Waals surface area contributed by atoms with E-state index < -0.39 is 0 Å². The number of fused-ring (bicyclic) bond motifs is 1. The van der Waals surface area contributed by atoms with Crippen molar-refractivity contribution in [3.8, 4) is 17.1 Å². The van der Waals surface area contributed by atoms with Crippen LogP contribution in [0.3, 0.4) is 0 Å². The van der Waals surface area contributed by atoms with Gasteiger partial charge in [0.2, 0.25) is 0 Å². The van der Waals surface area contributed by atoms with Gasteiger partial charge in [-0.15, -0.1) is 10.2 Å². The second-order valence-corrected chi connectivity index (χ2v) is 7.40. The zero-order valence-electron chi connectivity index (χ0n) is 15.5. The van der Waals surface area contributed by atoms with Gasteiger partial charge in [-0.1, -0.05) is 18.5 Å². The lowest BCUT2D eigenvalue weighted by Crippen LogP contribution is -2.42. The predicted molar refractivity (Wildman–Crippen MR) is 106 cm³/mol. The van der Waals surface area contributed by atoms with Gasteiger partial charge >= 0.3 is 0 Å². The van der Waals surface area contributed by atoms with Crippen LogP contribution in [-0.4, -0.2) is 55.3 Å². The summed E-state index contributed by atoms with van der Waals surface area (Å²) in [6, 6.07) is 3.67. The zero-order valence-corrected chi connectivity index (χ0v) is 16.2. The number of rotatable bonds is 4. The maximum Gasteiger partial charge on any atom is 0.192 e. The zero-order chi connectivity index (χ0) is 19.0. The van der Waals surface area contributed by atoms with Gasteiger partial charge in [-0.25, -0.2) is 4.98 Å². The number of imidazole rings is 1. The number of nitrogens with one attached hydrogen (secondary N) is 1. The smallest absolute Gasteiger partial charge is 0.192 e. The number of likely N-dealkylation sites (N-methyl/N-ethyl adjacent to an activating group) is 1. The van der Waals surface area contributed by atoms with Gasteiger partial charge in [0.15, 0.2) is 17.3 Å². The highest BCUT2D eigenvalue weighted by atomic mass is 35.5. The van der Waals surface area contributed by atoms with Crippen molar-refractivity contribution in [2.45, 2.75) is 32.7 Å². The van der Waals surface area contributed by atoms with Crippen LogP contribution in [0.4, 0.5) is 5.82 Å². The van der Waals surface area contributed by atoms with E-state index in [1.807, 2.05) is 23.6 Å². The summed E-state index contributed by atoms with van der Waals surface area (Å²) in [5, 5.41) is 23.1. The first-order valence-electron chi connectivity index (χ1n) is 9.25. The molecule has 3 aromatic rings. The van der Waals surface area contributed by atoms with E-state index in [1.54, 1.807) is 6.20 Å². The van der Waals surface area contributed by atoms with Crippen molar-refractivity contribution < 1.29 is 5.11 Å². The summed E-state index contributed by atoms with van der Waals surface area (Å²) in [5.74, 6) is 1.27. The summed E-state index contributed by atoms with van der Waals surface area (Å²) in [6.07, 6.45) is 5.81. The standard InChI is InChI=1S/C19H23ClN6O/c1-3-25-7-4-5-13(11-25)22-17-19-21-6-8-26(19)18(24-23-17)14-9-12(2)15(20)10-16(14)27/h6,8-10,13,27H,3-5,7,11H2,1-2H3,(H,22,23). The van der Waals surface area contributed by atoms with Gasteiger partial charge in [0.25, 0.3) is 0 Å². The van der Waals surface area contributed by atoms with E-state index in [-0.39, 0.29) is 5.75 Å². The average molecular weight is 387 g/mol. The minimum Gasteiger partial charge on any atom is -0.507 e. The molecule has 1 aliphatic heterocycles. The van der Waals surface area contributed by atoms with E-state index in [9.17, 15) is 5.11 Å². The fourth-order valence-electron chi connectivity index (χ4n) is 3.62. The first kappa shape index (κ1) is 18.0. The normalized spacial score (nSPS) is 18.1. The van der Waals surface area contributed by atoms with Crippen LogP contribution in [0.2, 0.25) is 5.02 Å². The van der Waals surface area contributed by atoms with Crippen LogP contribution in [0.15, 0.2) is 24.5 Å². The van der Waals surface area contributed by atoms with Gasteiger partial charge in [0.1, 0.15) is 5.75 Å². The molecule has 3 heterocycles. The molecule has 0 saturated carbocycles. The predicted octanol–water partition coefficient (Wildman–Crippen LogP) is 3.35. The van der Waals surface area contributed by atoms with Gasteiger partial charge < -0.3 is 15.3 Å². The van der Waals surface area contributed by atoms with Crippen LogP contribution in [0.25, 0.3) is 17.0 Å². The first-order valence-corrected chi connectivity index (χ1v) is 9.62. The van der Waals surface area contributed by atoms with E-state index in [0.29, 0.717) is 33.9 Å². The number of nitrogens with zero attached hydrogens (tertiary/aromatic N) is 5. The van der Waals surface area contributed by atoms with Gasteiger partial charge in [0.05, 0.1) is 5.56 Å². The minimum absolute atomic E-state index is 0.0708. The maximum absolute atomic E-state index is 10.3. The summed E-state index contributed by atoms with van der Waals surface area (Å²) in [4.78, 5) is 6.89. The molecule has 0 aliphatic carbocycles. The van der Waals surface area contributed by atoms with E-state index in [0.717, 1.165) is 31.6 Å². The number of hydrogen-bond acceptors (Lipinski definition) is 6. The number of anilines is 1. The molecule has 27 heavy (non-hydrogen) atoms. The van der Waals surface area contributed by atoms with Crippen LogP contribution >= 0.6 is 11.6 Å². The Kier molecular flexibility index (Phi) is 4.88. The van der Waals surface area contributed by atoms with E-state index in [2.05, 4.69) is 32.3 Å². The number of aromatic hydroxyl groups is 1.